The topological polar surface area (TPSA) is 0 Å². The van der Waals surface area contributed by atoms with E-state index in [1.54, 1.807) is 0 Å². The molecule has 4 aliphatic rings. The van der Waals surface area contributed by atoms with E-state index >= 15 is 0 Å². The van der Waals surface area contributed by atoms with Crippen molar-refractivity contribution in [2.45, 2.75) is 78.6 Å². The maximum Gasteiger partial charge on any atom is -0.00849 e. The summed E-state index contributed by atoms with van der Waals surface area (Å²) >= 11 is 0. The van der Waals surface area contributed by atoms with Crippen LogP contribution in [0.15, 0.2) is 23.8 Å². The average molecular weight is 313 g/mol. The Morgan fingerprint density at radius 2 is 1.91 bits per heavy atom. The molecular formula is C23H36. The van der Waals surface area contributed by atoms with Gasteiger partial charge in [-0.15, -0.1) is 0 Å². The van der Waals surface area contributed by atoms with E-state index in [1.165, 1.54) is 63.4 Å². The standard InChI is InChI=1S/C23H36/c1-5-16-6-8-20-19(16)10-11-22-21(20)9-7-18-14-17(15(2)3)12-13-23(18,22)4/h7,16-17,19-22H,2,5-6,8-14H2,1,3-4H3. The molecule has 0 heteroatoms. The molecule has 4 rings (SSSR count). The second kappa shape index (κ2) is 5.78. The third kappa shape index (κ3) is 2.38. The van der Waals surface area contributed by atoms with Gasteiger partial charge in [-0.05, 0) is 99.2 Å². The van der Waals surface area contributed by atoms with Crippen LogP contribution in [-0.2, 0) is 0 Å². The molecule has 0 heterocycles. The first-order valence-electron chi connectivity index (χ1n) is 10.4. The van der Waals surface area contributed by atoms with E-state index in [9.17, 15) is 0 Å². The Morgan fingerprint density at radius 1 is 1.13 bits per heavy atom. The average Bonchev–Trinajstić information content (AvgIpc) is 2.97. The first-order valence-corrected chi connectivity index (χ1v) is 10.4. The SMILES string of the molecule is C=C(C)C1CCC2(C)C(=CCC3C4CCC(CC)C4CCC32)C1. The highest BCUT2D eigenvalue weighted by Crippen LogP contribution is 2.63. The van der Waals surface area contributed by atoms with Crippen LogP contribution in [0.4, 0.5) is 0 Å². The van der Waals surface area contributed by atoms with Gasteiger partial charge in [0.2, 0.25) is 0 Å². The molecular weight excluding hydrogens is 276 g/mol. The minimum atomic E-state index is 0.532. The molecule has 3 saturated carbocycles. The molecule has 0 radical (unpaired) electrons. The van der Waals surface area contributed by atoms with Crippen molar-refractivity contribution < 1.29 is 0 Å². The fraction of sp³-hybridized carbons (Fsp3) is 0.826. The van der Waals surface area contributed by atoms with Crippen LogP contribution in [0.3, 0.4) is 0 Å². The lowest BCUT2D eigenvalue weighted by molar-refractivity contribution is 0.00177. The fourth-order valence-electron chi connectivity index (χ4n) is 7.36. The molecule has 4 aliphatic carbocycles. The molecule has 0 N–H and O–H groups in total. The highest BCUT2D eigenvalue weighted by molar-refractivity contribution is 5.26. The van der Waals surface area contributed by atoms with Crippen LogP contribution >= 0.6 is 0 Å². The van der Waals surface area contributed by atoms with Crippen molar-refractivity contribution in [3.8, 4) is 0 Å². The quantitative estimate of drug-likeness (QED) is 0.493. The van der Waals surface area contributed by atoms with E-state index < -0.39 is 0 Å². The molecule has 7 unspecified atom stereocenters. The Kier molecular flexibility index (Phi) is 4.01. The maximum atomic E-state index is 4.25. The molecule has 7 atom stereocenters. The lowest BCUT2D eigenvalue weighted by Gasteiger charge is -2.55. The van der Waals surface area contributed by atoms with E-state index in [0.717, 1.165) is 35.5 Å². The van der Waals surface area contributed by atoms with Gasteiger partial charge in [0.1, 0.15) is 0 Å². The monoisotopic (exact) mass is 312 g/mol. The number of rotatable bonds is 2. The van der Waals surface area contributed by atoms with Crippen molar-refractivity contribution in [1.82, 2.24) is 0 Å². The smallest absolute Gasteiger partial charge is 0.00849 e. The molecule has 0 saturated heterocycles. The van der Waals surface area contributed by atoms with E-state index in [2.05, 4.69) is 33.4 Å². The predicted molar refractivity (Wildman–Crippen MR) is 99.2 cm³/mol. The van der Waals surface area contributed by atoms with Crippen LogP contribution in [0.5, 0.6) is 0 Å². The molecule has 3 fully saturated rings. The highest BCUT2D eigenvalue weighted by atomic mass is 14.6. The first kappa shape index (κ1) is 16.0. The highest BCUT2D eigenvalue weighted by Gasteiger charge is 2.53. The minimum absolute atomic E-state index is 0.532. The number of allylic oxidation sites excluding steroid dienone is 3. The first-order chi connectivity index (χ1) is 11.0. The largest absolute Gasteiger partial charge is 0.0998 e. The van der Waals surface area contributed by atoms with Gasteiger partial charge in [-0.1, -0.05) is 44.1 Å². The molecule has 23 heavy (non-hydrogen) atoms. The summed E-state index contributed by atoms with van der Waals surface area (Å²) in [6.45, 7) is 11.6. The number of hydrogen-bond acceptors (Lipinski definition) is 0. The van der Waals surface area contributed by atoms with Gasteiger partial charge >= 0.3 is 0 Å². The third-order valence-electron chi connectivity index (χ3n) is 8.79. The molecule has 128 valence electrons. The Morgan fingerprint density at radius 3 is 2.65 bits per heavy atom. The summed E-state index contributed by atoms with van der Waals surface area (Å²) in [6, 6.07) is 0. The molecule has 0 aromatic rings. The maximum absolute atomic E-state index is 4.25. The Hall–Kier alpha value is -0.520. The molecule has 0 aromatic heterocycles. The summed E-state index contributed by atoms with van der Waals surface area (Å²) in [6.07, 6.45) is 15.8. The molecule has 0 nitrogen and oxygen atoms in total. The zero-order valence-corrected chi connectivity index (χ0v) is 15.6. The van der Waals surface area contributed by atoms with Crippen molar-refractivity contribution in [3.63, 3.8) is 0 Å². The molecule has 0 bridgehead atoms. The second-order valence-corrected chi connectivity index (χ2v) is 9.59. The van der Waals surface area contributed by atoms with Crippen LogP contribution in [0.2, 0.25) is 0 Å². The van der Waals surface area contributed by atoms with E-state index in [1.807, 2.05) is 5.57 Å². The van der Waals surface area contributed by atoms with Gasteiger partial charge in [0.25, 0.3) is 0 Å². The van der Waals surface area contributed by atoms with Crippen molar-refractivity contribution in [3.05, 3.63) is 23.8 Å². The van der Waals surface area contributed by atoms with Gasteiger partial charge < -0.3 is 0 Å². The zero-order valence-electron chi connectivity index (χ0n) is 15.6. The van der Waals surface area contributed by atoms with Crippen molar-refractivity contribution in [2.75, 3.05) is 0 Å². The normalized spacial score (nSPS) is 48.9. The summed E-state index contributed by atoms with van der Waals surface area (Å²) in [5.74, 6) is 5.96. The van der Waals surface area contributed by atoms with E-state index in [0.29, 0.717) is 5.41 Å². The Bertz CT molecular complexity index is 512. The fourth-order valence-corrected chi connectivity index (χ4v) is 7.36. The van der Waals surface area contributed by atoms with Gasteiger partial charge in [0.05, 0.1) is 0 Å². The van der Waals surface area contributed by atoms with Crippen LogP contribution in [0, 0.1) is 40.9 Å². The van der Waals surface area contributed by atoms with Gasteiger partial charge in [-0.25, -0.2) is 0 Å². The molecule has 0 aromatic carbocycles. The van der Waals surface area contributed by atoms with Gasteiger partial charge in [0, 0.05) is 0 Å². The van der Waals surface area contributed by atoms with Crippen LogP contribution in [0.25, 0.3) is 0 Å². The number of fused-ring (bicyclic) bond motifs is 5. The summed E-state index contributed by atoms with van der Waals surface area (Å²) in [4.78, 5) is 0. The van der Waals surface area contributed by atoms with Gasteiger partial charge in [-0.3, -0.25) is 0 Å². The zero-order chi connectivity index (χ0) is 16.2. The van der Waals surface area contributed by atoms with Crippen LogP contribution < -0.4 is 0 Å². The molecule has 0 spiro atoms. The van der Waals surface area contributed by atoms with Crippen molar-refractivity contribution in [1.29, 1.82) is 0 Å². The van der Waals surface area contributed by atoms with Crippen LogP contribution in [0.1, 0.15) is 78.6 Å². The second-order valence-electron chi connectivity index (χ2n) is 9.59. The summed E-state index contributed by atoms with van der Waals surface area (Å²) in [5, 5.41) is 0. The lowest BCUT2D eigenvalue weighted by atomic mass is 9.49. The van der Waals surface area contributed by atoms with Crippen molar-refractivity contribution in [2.24, 2.45) is 40.9 Å². The van der Waals surface area contributed by atoms with E-state index in [-0.39, 0.29) is 0 Å². The summed E-state index contributed by atoms with van der Waals surface area (Å²) < 4.78 is 0. The van der Waals surface area contributed by atoms with E-state index in [4.69, 9.17) is 0 Å². The van der Waals surface area contributed by atoms with Gasteiger partial charge in [0.15, 0.2) is 0 Å². The van der Waals surface area contributed by atoms with Crippen LogP contribution in [-0.4, -0.2) is 0 Å². The molecule has 0 amide bonds. The lowest BCUT2D eigenvalue weighted by Crippen LogP contribution is -2.47. The number of hydrogen-bond donors (Lipinski definition) is 0. The van der Waals surface area contributed by atoms with Crippen molar-refractivity contribution >= 4 is 0 Å². The molecule has 0 aliphatic heterocycles. The summed E-state index contributed by atoms with van der Waals surface area (Å²) in [5.41, 5.74) is 3.77. The Labute approximate surface area is 143 Å². The summed E-state index contributed by atoms with van der Waals surface area (Å²) in [7, 11) is 0. The van der Waals surface area contributed by atoms with Gasteiger partial charge in [-0.2, -0.15) is 0 Å². The third-order valence-corrected chi connectivity index (χ3v) is 8.79. The Balaban J connectivity index is 1.59. The minimum Gasteiger partial charge on any atom is -0.0998 e. The predicted octanol–water partition coefficient (Wildman–Crippen LogP) is 6.78.